The number of carbonyl (C=O) groups excluding carboxylic acids is 1. The molecule has 0 atom stereocenters. The van der Waals surface area contributed by atoms with Gasteiger partial charge >= 0.3 is 5.97 Å². The number of hydrogen-bond donors (Lipinski definition) is 1. The van der Waals surface area contributed by atoms with Crippen molar-refractivity contribution in [2.45, 2.75) is 38.7 Å². The third kappa shape index (κ3) is 5.77. The van der Waals surface area contributed by atoms with Crippen molar-refractivity contribution in [1.29, 1.82) is 0 Å². The van der Waals surface area contributed by atoms with Crippen molar-refractivity contribution in [3.8, 4) is 0 Å². The van der Waals surface area contributed by atoms with Crippen LogP contribution in [0.4, 0.5) is 11.4 Å². The normalized spacial score (nSPS) is 15.2. The van der Waals surface area contributed by atoms with Crippen LogP contribution >= 0.6 is 0 Å². The highest BCUT2D eigenvalue weighted by Crippen LogP contribution is 2.30. The molecule has 1 N–H and O–H groups in total. The first-order chi connectivity index (χ1) is 14.7. The number of nitrogens with one attached hydrogen (secondary N) is 1. The van der Waals surface area contributed by atoms with Crippen LogP contribution in [-0.2, 0) is 14.8 Å². The largest absolute Gasteiger partial charge is 0.459 e. The van der Waals surface area contributed by atoms with E-state index in [1.807, 2.05) is 19.1 Å². The van der Waals surface area contributed by atoms with Crippen molar-refractivity contribution >= 4 is 27.4 Å². The van der Waals surface area contributed by atoms with E-state index in [0.29, 0.717) is 11.4 Å². The van der Waals surface area contributed by atoms with E-state index in [1.165, 1.54) is 6.07 Å². The van der Waals surface area contributed by atoms with Gasteiger partial charge in [0.05, 0.1) is 17.4 Å². The number of hydrogen-bond acceptors (Lipinski definition) is 6. The minimum absolute atomic E-state index is 0.0798. The molecule has 0 saturated carbocycles. The van der Waals surface area contributed by atoms with Gasteiger partial charge in [-0.25, -0.2) is 13.2 Å². The summed E-state index contributed by atoms with van der Waals surface area (Å²) in [7, 11) is -3.92. The van der Waals surface area contributed by atoms with Gasteiger partial charge in [-0.3, -0.25) is 4.72 Å². The Morgan fingerprint density at radius 2 is 1.71 bits per heavy atom. The maximum atomic E-state index is 13.4. The fraction of sp³-hybridized carbons (Fsp3) is 0.435. The first-order valence-electron chi connectivity index (χ1n) is 10.6. The van der Waals surface area contributed by atoms with E-state index in [4.69, 9.17) is 4.74 Å². The number of carbonyl (C=O) groups is 1. The van der Waals surface area contributed by atoms with Gasteiger partial charge in [0, 0.05) is 31.9 Å². The van der Waals surface area contributed by atoms with Gasteiger partial charge in [0.25, 0.3) is 10.0 Å². The highest BCUT2D eigenvalue weighted by molar-refractivity contribution is 7.92. The van der Waals surface area contributed by atoms with E-state index < -0.39 is 16.0 Å². The third-order valence-electron chi connectivity index (χ3n) is 5.29. The zero-order chi connectivity index (χ0) is 22.6. The molecule has 2 aromatic carbocycles. The van der Waals surface area contributed by atoms with Gasteiger partial charge in [0.2, 0.25) is 0 Å². The lowest BCUT2D eigenvalue weighted by atomic mass is 10.1. The number of aryl methyl sites for hydroxylation is 1. The van der Waals surface area contributed by atoms with Crippen LogP contribution in [-0.4, -0.2) is 58.1 Å². The molecule has 8 heteroatoms. The van der Waals surface area contributed by atoms with Crippen LogP contribution in [0.25, 0.3) is 0 Å². The Kier molecular flexibility index (Phi) is 7.23. The van der Waals surface area contributed by atoms with E-state index in [-0.39, 0.29) is 16.6 Å². The number of rotatable bonds is 7. The molecule has 1 saturated heterocycles. The topological polar surface area (TPSA) is 79.0 Å². The lowest BCUT2D eigenvalue weighted by Gasteiger charge is -2.36. The summed E-state index contributed by atoms with van der Waals surface area (Å²) >= 11 is 0. The molecule has 0 unspecified atom stereocenters. The second-order valence-electron chi connectivity index (χ2n) is 8.03. The van der Waals surface area contributed by atoms with Gasteiger partial charge in [0.15, 0.2) is 0 Å². The predicted octanol–water partition coefficient (Wildman–Crippen LogP) is 3.50. The molecule has 2 aromatic rings. The van der Waals surface area contributed by atoms with Gasteiger partial charge < -0.3 is 14.5 Å². The molecule has 0 aromatic heterocycles. The number of ether oxygens (including phenoxy) is 1. The first-order valence-corrected chi connectivity index (χ1v) is 12.1. The fourth-order valence-electron chi connectivity index (χ4n) is 3.54. The van der Waals surface area contributed by atoms with Crippen molar-refractivity contribution < 1.29 is 17.9 Å². The van der Waals surface area contributed by atoms with Crippen molar-refractivity contribution in [3.05, 3.63) is 53.6 Å². The molecule has 1 aliphatic heterocycles. The quantitative estimate of drug-likeness (QED) is 0.657. The summed E-state index contributed by atoms with van der Waals surface area (Å²) in [5.41, 5.74) is 2.32. The molecular weight excluding hydrogens is 414 g/mol. The minimum atomic E-state index is -3.92. The second-order valence-corrected chi connectivity index (χ2v) is 9.68. The third-order valence-corrected chi connectivity index (χ3v) is 6.70. The van der Waals surface area contributed by atoms with Crippen LogP contribution in [0.15, 0.2) is 47.4 Å². The number of sulfonamides is 1. The first kappa shape index (κ1) is 23.1. The zero-order valence-corrected chi connectivity index (χ0v) is 19.4. The smallest absolute Gasteiger partial charge is 0.338 e. The van der Waals surface area contributed by atoms with E-state index in [2.05, 4.69) is 21.4 Å². The Morgan fingerprint density at radius 3 is 2.29 bits per heavy atom. The molecule has 0 bridgehead atoms. The Bertz CT molecular complexity index is 1010. The molecule has 0 radical (unpaired) electrons. The lowest BCUT2D eigenvalue weighted by molar-refractivity contribution is 0.0377. The number of benzene rings is 2. The molecule has 1 fully saturated rings. The Morgan fingerprint density at radius 1 is 1.06 bits per heavy atom. The van der Waals surface area contributed by atoms with Crippen LogP contribution < -0.4 is 9.62 Å². The van der Waals surface area contributed by atoms with E-state index in [1.54, 1.807) is 38.1 Å². The van der Waals surface area contributed by atoms with Gasteiger partial charge in [0.1, 0.15) is 4.90 Å². The number of likely N-dealkylation sites (N-methyl/N-ethyl adjacent to an activating group) is 1. The van der Waals surface area contributed by atoms with E-state index >= 15 is 0 Å². The molecule has 0 aliphatic carbocycles. The molecule has 168 valence electrons. The van der Waals surface area contributed by atoms with Crippen LogP contribution in [0.2, 0.25) is 0 Å². The van der Waals surface area contributed by atoms with Gasteiger partial charge in [-0.05, 0) is 57.6 Å². The Hall–Kier alpha value is -2.58. The monoisotopic (exact) mass is 445 g/mol. The SMILES string of the molecule is CCN1CCN(c2ccc(C(=O)OC(C)C)cc2S(=O)(=O)Nc2ccc(C)cc2)CC1. The summed E-state index contributed by atoms with van der Waals surface area (Å²) in [6.07, 6.45) is -0.292. The maximum absolute atomic E-state index is 13.4. The van der Waals surface area contributed by atoms with Crippen molar-refractivity contribution in [2.75, 3.05) is 42.3 Å². The van der Waals surface area contributed by atoms with Crippen molar-refractivity contribution in [3.63, 3.8) is 0 Å². The standard InChI is InChI=1S/C23H31N3O4S/c1-5-25-12-14-26(15-13-25)21-11-8-19(23(27)30-17(2)3)16-22(21)31(28,29)24-20-9-6-18(4)7-10-20/h6-11,16-17,24H,5,12-15H2,1-4H3. The lowest BCUT2D eigenvalue weighted by Crippen LogP contribution is -2.46. The highest BCUT2D eigenvalue weighted by Gasteiger charge is 2.26. The number of anilines is 2. The van der Waals surface area contributed by atoms with Gasteiger partial charge in [-0.1, -0.05) is 24.6 Å². The van der Waals surface area contributed by atoms with E-state index in [0.717, 1.165) is 38.3 Å². The molecular formula is C23H31N3O4S. The van der Waals surface area contributed by atoms with Crippen molar-refractivity contribution in [1.82, 2.24) is 4.90 Å². The Balaban J connectivity index is 1.98. The number of nitrogens with zero attached hydrogens (tertiary/aromatic N) is 2. The van der Waals surface area contributed by atoms with Gasteiger partial charge in [-0.15, -0.1) is 0 Å². The average Bonchev–Trinajstić information content (AvgIpc) is 2.74. The molecule has 1 heterocycles. The highest BCUT2D eigenvalue weighted by atomic mass is 32.2. The van der Waals surface area contributed by atoms with Crippen molar-refractivity contribution in [2.24, 2.45) is 0 Å². The summed E-state index contributed by atoms with van der Waals surface area (Å²) in [6.45, 7) is 11.7. The summed E-state index contributed by atoms with van der Waals surface area (Å²) in [5, 5.41) is 0. The molecule has 7 nitrogen and oxygen atoms in total. The van der Waals surface area contributed by atoms with Gasteiger partial charge in [-0.2, -0.15) is 0 Å². The molecule has 1 aliphatic rings. The van der Waals surface area contributed by atoms with E-state index in [9.17, 15) is 13.2 Å². The van der Waals surface area contributed by atoms with Crippen LogP contribution in [0.1, 0.15) is 36.7 Å². The van der Waals surface area contributed by atoms with Crippen LogP contribution in [0.3, 0.4) is 0 Å². The molecule has 31 heavy (non-hydrogen) atoms. The molecule has 3 rings (SSSR count). The summed E-state index contributed by atoms with van der Waals surface area (Å²) in [4.78, 5) is 16.9. The molecule has 0 spiro atoms. The average molecular weight is 446 g/mol. The zero-order valence-electron chi connectivity index (χ0n) is 18.6. The summed E-state index contributed by atoms with van der Waals surface area (Å²) in [5.74, 6) is -0.538. The second kappa shape index (κ2) is 9.70. The fourth-order valence-corrected chi connectivity index (χ4v) is 4.85. The molecule has 0 amide bonds. The number of piperazine rings is 1. The summed E-state index contributed by atoms with van der Waals surface area (Å²) < 4.78 is 34.7. The summed E-state index contributed by atoms with van der Waals surface area (Å²) in [6, 6.07) is 11.9. The maximum Gasteiger partial charge on any atom is 0.338 e. The predicted molar refractivity (Wildman–Crippen MR) is 123 cm³/mol. The van der Waals surface area contributed by atoms with Crippen LogP contribution in [0, 0.1) is 6.92 Å². The Labute approximate surface area is 185 Å². The van der Waals surface area contributed by atoms with Crippen LogP contribution in [0.5, 0.6) is 0 Å². The minimum Gasteiger partial charge on any atom is -0.459 e. The number of esters is 1.